The van der Waals surface area contributed by atoms with E-state index in [1.54, 1.807) is 6.92 Å². The Morgan fingerprint density at radius 1 is 1.40 bits per heavy atom. The minimum absolute atomic E-state index is 0.0766. The molecule has 3 heterocycles. The number of hydrogen-bond donors (Lipinski definition) is 2. The average Bonchev–Trinajstić information content (AvgIpc) is 3.23. The lowest BCUT2D eigenvalue weighted by Crippen LogP contribution is -2.18. The number of rotatable bonds is 5. The summed E-state index contributed by atoms with van der Waals surface area (Å²) in [6.45, 7) is 3.26. The molecule has 0 aliphatic carbocycles. The van der Waals surface area contributed by atoms with Crippen molar-refractivity contribution in [2.75, 3.05) is 5.32 Å². The zero-order valence-electron chi connectivity index (χ0n) is 15.4. The second kappa shape index (κ2) is 7.37. The standard InChI is InChI=1S/C16H13F3N6O4S/c1-3-24-5-7(25(28)29)10(23-24)14(27)22-11-9-6(2)4-8(16(17,18)19)21-15(9)30-12(11)13(20)26/h4-5H,3H2,1-2H3,(H2,20,26)(H,22,27). The van der Waals surface area contributed by atoms with E-state index in [-0.39, 0.29) is 32.9 Å². The quantitative estimate of drug-likeness (QED) is 0.459. The highest BCUT2D eigenvalue weighted by Crippen LogP contribution is 2.40. The maximum Gasteiger partial charge on any atom is 0.433 e. The molecule has 0 unspecified atom stereocenters. The average molecular weight is 442 g/mol. The number of pyridine rings is 1. The number of nitro groups is 1. The number of hydrogen-bond acceptors (Lipinski definition) is 7. The van der Waals surface area contributed by atoms with Crippen LogP contribution in [0.2, 0.25) is 0 Å². The van der Waals surface area contributed by atoms with E-state index in [1.165, 1.54) is 11.6 Å². The molecular formula is C16H13F3N6O4S. The van der Waals surface area contributed by atoms with E-state index < -0.39 is 40.0 Å². The Balaban J connectivity index is 2.15. The Kier molecular flexibility index (Phi) is 5.20. The second-order valence-electron chi connectivity index (χ2n) is 6.10. The number of nitrogens with one attached hydrogen (secondary N) is 1. The number of nitrogens with two attached hydrogens (primary N) is 1. The Morgan fingerprint density at radius 3 is 2.60 bits per heavy atom. The van der Waals surface area contributed by atoms with Gasteiger partial charge in [-0.3, -0.25) is 24.4 Å². The molecule has 158 valence electrons. The maximum atomic E-state index is 13.1. The molecule has 0 spiro atoms. The second-order valence-corrected chi connectivity index (χ2v) is 7.10. The SMILES string of the molecule is CCn1cc([N+](=O)[O-])c(C(=O)Nc2c(C(N)=O)sc3nc(C(F)(F)F)cc(C)c23)n1. The lowest BCUT2D eigenvalue weighted by Gasteiger charge is -2.09. The number of primary amides is 1. The summed E-state index contributed by atoms with van der Waals surface area (Å²) < 4.78 is 40.3. The van der Waals surface area contributed by atoms with Crippen molar-refractivity contribution in [3.63, 3.8) is 0 Å². The smallest absolute Gasteiger partial charge is 0.365 e. The fraction of sp³-hybridized carbons (Fsp3) is 0.250. The molecule has 0 aliphatic heterocycles. The highest BCUT2D eigenvalue weighted by Gasteiger charge is 2.35. The van der Waals surface area contributed by atoms with E-state index in [0.29, 0.717) is 11.3 Å². The number of halogens is 3. The summed E-state index contributed by atoms with van der Waals surface area (Å²) >= 11 is 0.574. The lowest BCUT2D eigenvalue weighted by molar-refractivity contribution is -0.385. The Morgan fingerprint density at radius 2 is 2.07 bits per heavy atom. The largest absolute Gasteiger partial charge is 0.433 e. The van der Waals surface area contributed by atoms with Crippen molar-refractivity contribution >= 4 is 44.7 Å². The normalized spacial score (nSPS) is 11.6. The predicted octanol–water partition coefficient (Wildman–Crippen LogP) is 3.10. The number of alkyl halides is 3. The number of amides is 2. The van der Waals surface area contributed by atoms with Gasteiger partial charge in [-0.15, -0.1) is 11.3 Å². The van der Waals surface area contributed by atoms with Crippen LogP contribution in [-0.2, 0) is 12.7 Å². The van der Waals surface area contributed by atoms with Crippen LogP contribution in [0.25, 0.3) is 10.2 Å². The van der Waals surface area contributed by atoms with E-state index in [9.17, 15) is 32.9 Å². The molecule has 3 N–H and O–H groups in total. The van der Waals surface area contributed by atoms with Gasteiger partial charge in [0, 0.05) is 11.9 Å². The van der Waals surface area contributed by atoms with E-state index in [2.05, 4.69) is 15.4 Å². The molecule has 0 atom stereocenters. The Labute approximate surface area is 169 Å². The van der Waals surface area contributed by atoms with Crippen molar-refractivity contribution in [1.29, 1.82) is 0 Å². The van der Waals surface area contributed by atoms with Crippen LogP contribution in [0.3, 0.4) is 0 Å². The third-order valence-corrected chi connectivity index (χ3v) is 5.19. The van der Waals surface area contributed by atoms with Gasteiger partial charge in [0.25, 0.3) is 11.8 Å². The van der Waals surface area contributed by atoms with Crippen LogP contribution in [0, 0.1) is 17.0 Å². The van der Waals surface area contributed by atoms with E-state index in [1.807, 2.05) is 0 Å². The summed E-state index contributed by atoms with van der Waals surface area (Å²) in [7, 11) is 0. The first-order valence-electron chi connectivity index (χ1n) is 8.28. The first-order valence-corrected chi connectivity index (χ1v) is 9.10. The van der Waals surface area contributed by atoms with Crippen molar-refractivity contribution in [2.24, 2.45) is 5.73 Å². The number of anilines is 1. The highest BCUT2D eigenvalue weighted by atomic mass is 32.1. The van der Waals surface area contributed by atoms with Gasteiger partial charge in [0.1, 0.15) is 21.6 Å². The molecule has 3 aromatic rings. The fourth-order valence-corrected chi connectivity index (χ4v) is 3.82. The van der Waals surface area contributed by atoms with Crippen LogP contribution in [0.5, 0.6) is 0 Å². The zero-order valence-corrected chi connectivity index (χ0v) is 16.2. The predicted molar refractivity (Wildman–Crippen MR) is 100 cm³/mol. The first kappa shape index (κ1) is 21.2. The minimum Gasteiger partial charge on any atom is -0.365 e. The molecule has 0 saturated carbocycles. The van der Waals surface area contributed by atoms with Crippen molar-refractivity contribution in [3.8, 4) is 0 Å². The fourth-order valence-electron chi connectivity index (χ4n) is 2.76. The number of carbonyl (C=O) groups is 2. The van der Waals surface area contributed by atoms with Crippen molar-refractivity contribution < 1.29 is 27.7 Å². The van der Waals surface area contributed by atoms with Crippen molar-refractivity contribution in [2.45, 2.75) is 26.6 Å². The van der Waals surface area contributed by atoms with Crippen LogP contribution in [-0.4, -0.2) is 31.5 Å². The minimum atomic E-state index is -4.72. The van der Waals surface area contributed by atoms with Gasteiger partial charge >= 0.3 is 11.9 Å². The van der Waals surface area contributed by atoms with Gasteiger partial charge in [0.15, 0.2) is 0 Å². The molecule has 3 aromatic heterocycles. The van der Waals surface area contributed by atoms with Gasteiger partial charge in [-0.05, 0) is 25.5 Å². The van der Waals surface area contributed by atoms with Gasteiger partial charge in [-0.1, -0.05) is 0 Å². The number of thiophene rings is 1. The summed E-state index contributed by atoms with van der Waals surface area (Å²) in [6.07, 6.45) is -3.65. The summed E-state index contributed by atoms with van der Waals surface area (Å²) in [5, 5.41) is 17.5. The molecule has 2 amide bonds. The highest BCUT2D eigenvalue weighted by molar-refractivity contribution is 7.21. The van der Waals surface area contributed by atoms with Crippen molar-refractivity contribution in [3.05, 3.63) is 44.2 Å². The molecule has 14 heteroatoms. The summed E-state index contributed by atoms with van der Waals surface area (Å²) in [5.41, 5.74) is 2.97. The van der Waals surface area contributed by atoms with Gasteiger partial charge in [0.05, 0.1) is 10.6 Å². The Hall–Kier alpha value is -3.55. The number of aromatic nitrogens is 3. The number of fused-ring (bicyclic) bond motifs is 1. The third kappa shape index (κ3) is 3.68. The van der Waals surface area contributed by atoms with Crippen LogP contribution in [0.15, 0.2) is 12.3 Å². The van der Waals surface area contributed by atoms with Crippen LogP contribution in [0.4, 0.5) is 24.5 Å². The lowest BCUT2D eigenvalue weighted by atomic mass is 10.1. The van der Waals surface area contributed by atoms with Crippen LogP contribution >= 0.6 is 11.3 Å². The van der Waals surface area contributed by atoms with Crippen LogP contribution < -0.4 is 11.1 Å². The van der Waals surface area contributed by atoms with Gasteiger partial charge < -0.3 is 11.1 Å². The summed E-state index contributed by atoms with van der Waals surface area (Å²) in [4.78, 5) is 38.0. The molecule has 10 nitrogen and oxygen atoms in total. The van der Waals surface area contributed by atoms with E-state index >= 15 is 0 Å². The van der Waals surface area contributed by atoms with E-state index in [4.69, 9.17) is 5.73 Å². The third-order valence-electron chi connectivity index (χ3n) is 4.09. The van der Waals surface area contributed by atoms with Gasteiger partial charge in [-0.2, -0.15) is 18.3 Å². The van der Waals surface area contributed by atoms with Crippen LogP contribution in [0.1, 0.15) is 38.3 Å². The molecule has 30 heavy (non-hydrogen) atoms. The zero-order chi connectivity index (χ0) is 22.4. The van der Waals surface area contributed by atoms with Gasteiger partial charge in [-0.25, -0.2) is 4.98 Å². The molecular weight excluding hydrogens is 429 g/mol. The molecule has 0 aromatic carbocycles. The Bertz CT molecular complexity index is 1200. The molecule has 0 bridgehead atoms. The molecule has 3 rings (SSSR count). The summed E-state index contributed by atoms with van der Waals surface area (Å²) in [6, 6.07) is 0.768. The first-order chi connectivity index (χ1) is 13.9. The number of nitrogens with zero attached hydrogens (tertiary/aromatic N) is 4. The van der Waals surface area contributed by atoms with Gasteiger partial charge in [0.2, 0.25) is 5.69 Å². The number of carbonyl (C=O) groups excluding carboxylic acids is 2. The molecule has 0 fully saturated rings. The topological polar surface area (TPSA) is 146 Å². The summed E-state index contributed by atoms with van der Waals surface area (Å²) in [5.74, 6) is -2.02. The monoisotopic (exact) mass is 442 g/mol. The van der Waals surface area contributed by atoms with E-state index in [0.717, 1.165) is 12.3 Å². The molecule has 0 radical (unpaired) electrons. The molecule has 0 aliphatic rings. The maximum absolute atomic E-state index is 13.1. The van der Waals surface area contributed by atoms with Crippen molar-refractivity contribution in [1.82, 2.24) is 14.8 Å². The number of aryl methyl sites for hydroxylation is 2. The molecule has 0 saturated heterocycles.